The second kappa shape index (κ2) is 8.41. The summed E-state index contributed by atoms with van der Waals surface area (Å²) in [7, 11) is 0. The monoisotopic (exact) mass is 402 g/mol. The Labute approximate surface area is 164 Å². The zero-order valence-corrected chi connectivity index (χ0v) is 16.0. The Kier molecular flexibility index (Phi) is 6.74. The molecule has 2 heterocycles. The highest BCUT2D eigenvalue weighted by Crippen LogP contribution is 2.38. The first-order chi connectivity index (χ1) is 11.2. The first-order valence-corrected chi connectivity index (χ1v) is 8.42. The van der Waals surface area contributed by atoms with Crippen molar-refractivity contribution < 1.29 is 4.79 Å². The summed E-state index contributed by atoms with van der Waals surface area (Å²) in [6.45, 7) is 2.20. The van der Waals surface area contributed by atoms with E-state index in [1.54, 1.807) is 6.20 Å². The van der Waals surface area contributed by atoms with Crippen LogP contribution in [0.25, 0.3) is 0 Å². The Morgan fingerprint density at radius 2 is 2.08 bits per heavy atom. The molecule has 2 fully saturated rings. The number of amides is 1. The molecule has 25 heavy (non-hydrogen) atoms. The number of rotatable bonds is 3. The van der Waals surface area contributed by atoms with E-state index >= 15 is 0 Å². The minimum Gasteiger partial charge on any atom is -0.338 e. The maximum Gasteiger partial charge on any atom is 0.272 e. The lowest BCUT2D eigenvalue weighted by Crippen LogP contribution is -2.48. The van der Waals surface area contributed by atoms with Crippen molar-refractivity contribution in [2.75, 3.05) is 19.6 Å². The number of aromatic nitrogens is 2. The molecule has 1 aliphatic carbocycles. The van der Waals surface area contributed by atoms with Crippen molar-refractivity contribution in [1.29, 1.82) is 0 Å². The van der Waals surface area contributed by atoms with E-state index in [9.17, 15) is 4.79 Å². The number of hydrogen-bond donors (Lipinski definition) is 2. The van der Waals surface area contributed by atoms with Crippen LogP contribution in [0.15, 0.2) is 30.5 Å². The van der Waals surface area contributed by atoms with E-state index in [0.717, 1.165) is 24.5 Å². The number of H-pyrrole nitrogens is 1. The van der Waals surface area contributed by atoms with Crippen molar-refractivity contribution in [2.24, 2.45) is 0 Å². The standard InChI is InChI=1S/C17H19ClN4O.2ClH/c18-13-3-1-2-12(8-13)15-10-19-6-7-22(15)17(23)14-9-20-16(21-14)11-4-5-11;;/h1-3,8-9,11,15,19H,4-7,10H2,(H,20,21);2*1H. The minimum atomic E-state index is -0.0115. The molecule has 2 N–H and O–H groups in total. The molecule has 0 spiro atoms. The predicted molar refractivity (Wildman–Crippen MR) is 103 cm³/mol. The summed E-state index contributed by atoms with van der Waals surface area (Å²) in [4.78, 5) is 22.4. The summed E-state index contributed by atoms with van der Waals surface area (Å²) in [5, 5.41) is 4.05. The third-order valence-corrected chi connectivity index (χ3v) is 4.76. The first kappa shape index (κ1) is 20.0. The van der Waals surface area contributed by atoms with E-state index in [4.69, 9.17) is 11.6 Å². The zero-order chi connectivity index (χ0) is 15.8. The van der Waals surface area contributed by atoms with Gasteiger partial charge in [-0.05, 0) is 30.5 Å². The van der Waals surface area contributed by atoms with Crippen LogP contribution in [-0.2, 0) is 0 Å². The van der Waals surface area contributed by atoms with Crippen LogP contribution >= 0.6 is 36.4 Å². The normalized spacial score (nSPS) is 19.7. The molecule has 1 atom stereocenters. The summed E-state index contributed by atoms with van der Waals surface area (Å²) >= 11 is 6.11. The molecule has 1 aliphatic heterocycles. The van der Waals surface area contributed by atoms with Gasteiger partial charge in [0.15, 0.2) is 0 Å². The molecule has 1 amide bonds. The number of carbonyl (C=O) groups excluding carboxylic acids is 1. The summed E-state index contributed by atoms with van der Waals surface area (Å²) in [5.41, 5.74) is 1.64. The Morgan fingerprint density at radius 3 is 2.80 bits per heavy atom. The number of carbonyl (C=O) groups is 1. The van der Waals surface area contributed by atoms with Gasteiger partial charge in [0, 0.05) is 30.6 Å². The second-order valence-corrected chi connectivity index (χ2v) is 6.67. The smallest absolute Gasteiger partial charge is 0.272 e. The van der Waals surface area contributed by atoms with Gasteiger partial charge in [0.2, 0.25) is 0 Å². The third kappa shape index (κ3) is 4.29. The first-order valence-electron chi connectivity index (χ1n) is 8.04. The van der Waals surface area contributed by atoms with Gasteiger partial charge in [-0.3, -0.25) is 4.79 Å². The van der Waals surface area contributed by atoms with Crippen LogP contribution in [0.3, 0.4) is 0 Å². The molecule has 0 bridgehead atoms. The summed E-state index contributed by atoms with van der Waals surface area (Å²) in [5.74, 6) is 1.47. The molecule has 8 heteroatoms. The number of aromatic amines is 1. The fraction of sp³-hybridized carbons (Fsp3) is 0.412. The van der Waals surface area contributed by atoms with E-state index in [1.807, 2.05) is 29.2 Å². The number of hydrogen-bond acceptors (Lipinski definition) is 3. The number of halogens is 3. The lowest BCUT2D eigenvalue weighted by Gasteiger charge is -2.36. The molecule has 0 radical (unpaired) electrons. The molecule has 136 valence electrons. The average Bonchev–Trinajstić information content (AvgIpc) is 3.31. The Hall–Kier alpha value is -1.27. The molecule has 1 aromatic heterocycles. The molecule has 1 unspecified atom stereocenters. The molecule has 1 saturated carbocycles. The van der Waals surface area contributed by atoms with Gasteiger partial charge in [0.25, 0.3) is 5.91 Å². The quantitative estimate of drug-likeness (QED) is 0.823. The van der Waals surface area contributed by atoms with Gasteiger partial charge < -0.3 is 15.2 Å². The van der Waals surface area contributed by atoms with Crippen molar-refractivity contribution in [2.45, 2.75) is 24.8 Å². The molecule has 4 rings (SSSR count). The molecule has 2 aliphatic rings. The van der Waals surface area contributed by atoms with Gasteiger partial charge in [-0.2, -0.15) is 0 Å². The van der Waals surface area contributed by atoms with Gasteiger partial charge in [-0.1, -0.05) is 23.7 Å². The number of piperazine rings is 1. The average molecular weight is 404 g/mol. The van der Waals surface area contributed by atoms with Gasteiger partial charge in [0.1, 0.15) is 11.5 Å². The van der Waals surface area contributed by atoms with Gasteiger partial charge in [-0.15, -0.1) is 24.8 Å². The second-order valence-electron chi connectivity index (χ2n) is 6.23. The van der Waals surface area contributed by atoms with Gasteiger partial charge in [-0.25, -0.2) is 4.98 Å². The summed E-state index contributed by atoms with van der Waals surface area (Å²) in [6, 6.07) is 7.72. The van der Waals surface area contributed by atoms with Crippen LogP contribution in [-0.4, -0.2) is 40.4 Å². The number of nitrogens with zero attached hydrogens (tertiary/aromatic N) is 2. The predicted octanol–water partition coefficient (Wildman–Crippen LogP) is 3.57. The maximum atomic E-state index is 12.9. The topological polar surface area (TPSA) is 61.0 Å². The lowest BCUT2D eigenvalue weighted by molar-refractivity contribution is 0.0628. The highest BCUT2D eigenvalue weighted by atomic mass is 35.5. The van der Waals surface area contributed by atoms with Crippen molar-refractivity contribution in [3.05, 3.63) is 52.6 Å². The summed E-state index contributed by atoms with van der Waals surface area (Å²) < 4.78 is 0. The minimum absolute atomic E-state index is 0. The lowest BCUT2D eigenvalue weighted by atomic mass is 10.0. The van der Waals surface area contributed by atoms with Crippen LogP contribution < -0.4 is 5.32 Å². The van der Waals surface area contributed by atoms with Gasteiger partial charge in [0.05, 0.1) is 12.2 Å². The van der Waals surface area contributed by atoms with E-state index in [2.05, 4.69) is 15.3 Å². The van der Waals surface area contributed by atoms with Crippen LogP contribution in [0, 0.1) is 0 Å². The van der Waals surface area contributed by atoms with E-state index in [1.165, 1.54) is 12.8 Å². The highest BCUT2D eigenvalue weighted by molar-refractivity contribution is 6.30. The Morgan fingerprint density at radius 1 is 1.28 bits per heavy atom. The number of nitrogens with one attached hydrogen (secondary N) is 2. The van der Waals surface area contributed by atoms with Crippen LogP contribution in [0.5, 0.6) is 0 Å². The number of benzene rings is 1. The molecule has 1 aromatic carbocycles. The molecule has 5 nitrogen and oxygen atoms in total. The Balaban J connectivity index is 0.00000113. The van der Waals surface area contributed by atoms with Crippen molar-refractivity contribution in [1.82, 2.24) is 20.2 Å². The fourth-order valence-corrected chi connectivity index (χ4v) is 3.32. The fourth-order valence-electron chi connectivity index (χ4n) is 3.12. The third-order valence-electron chi connectivity index (χ3n) is 4.53. The van der Waals surface area contributed by atoms with E-state index in [-0.39, 0.29) is 36.8 Å². The molecule has 1 saturated heterocycles. The SMILES string of the molecule is Cl.Cl.O=C(c1cnc(C2CC2)[nH]1)N1CCNCC1c1cccc(Cl)c1. The van der Waals surface area contributed by atoms with Crippen LogP contribution in [0.2, 0.25) is 5.02 Å². The zero-order valence-electron chi connectivity index (χ0n) is 13.6. The van der Waals surface area contributed by atoms with Gasteiger partial charge >= 0.3 is 0 Å². The molecule has 2 aromatic rings. The van der Waals surface area contributed by atoms with E-state index < -0.39 is 0 Å². The maximum absolute atomic E-state index is 12.9. The molecular formula is C17H21Cl3N4O. The van der Waals surface area contributed by atoms with Crippen LogP contribution in [0.4, 0.5) is 0 Å². The van der Waals surface area contributed by atoms with Crippen molar-refractivity contribution in [3.63, 3.8) is 0 Å². The van der Waals surface area contributed by atoms with E-state index in [0.29, 0.717) is 23.2 Å². The van der Waals surface area contributed by atoms with Crippen molar-refractivity contribution >= 4 is 42.3 Å². The Bertz CT molecular complexity index is 732. The largest absolute Gasteiger partial charge is 0.338 e. The van der Waals surface area contributed by atoms with Crippen molar-refractivity contribution in [3.8, 4) is 0 Å². The molecular weight excluding hydrogens is 383 g/mol. The van der Waals surface area contributed by atoms with Crippen LogP contribution in [0.1, 0.15) is 46.7 Å². The highest BCUT2D eigenvalue weighted by Gasteiger charge is 2.31. The number of imidazole rings is 1. The summed E-state index contributed by atoms with van der Waals surface area (Å²) in [6.07, 6.45) is 4.01.